The lowest BCUT2D eigenvalue weighted by Crippen LogP contribution is -2.25. The van der Waals surface area contributed by atoms with Crippen LogP contribution in [0.4, 0.5) is 0 Å². The lowest BCUT2D eigenvalue weighted by molar-refractivity contribution is -0.126. The summed E-state index contributed by atoms with van der Waals surface area (Å²) < 4.78 is 0. The molecule has 0 aliphatic carbocycles. The molecule has 1 N–H and O–H groups in total. The lowest BCUT2D eigenvalue weighted by atomic mass is 9.89. The number of nitrogens with one attached hydrogen (secondary N) is 1. The van der Waals surface area contributed by atoms with Gasteiger partial charge in [-0.25, -0.2) is 0 Å². The van der Waals surface area contributed by atoms with E-state index < -0.39 is 0 Å². The van der Waals surface area contributed by atoms with Crippen LogP contribution >= 0.6 is 0 Å². The van der Waals surface area contributed by atoms with Crippen molar-refractivity contribution in [3.05, 3.63) is 23.8 Å². The van der Waals surface area contributed by atoms with Gasteiger partial charge in [-0.2, -0.15) is 0 Å². The molecule has 2 rings (SSSR count). The van der Waals surface area contributed by atoms with Crippen LogP contribution in [0.3, 0.4) is 0 Å². The van der Waals surface area contributed by atoms with E-state index in [1.807, 2.05) is 13.8 Å². The third-order valence-electron chi connectivity index (χ3n) is 2.96. The van der Waals surface area contributed by atoms with Crippen LogP contribution < -0.4 is 5.32 Å². The summed E-state index contributed by atoms with van der Waals surface area (Å²) in [6.07, 6.45) is 3.47. The van der Waals surface area contributed by atoms with Crippen LogP contribution in [0.2, 0.25) is 0 Å². The second-order valence-corrected chi connectivity index (χ2v) is 4.04. The van der Waals surface area contributed by atoms with Gasteiger partial charge in [-0.3, -0.25) is 24.9 Å². The van der Waals surface area contributed by atoms with Crippen molar-refractivity contribution < 1.29 is 9.59 Å². The molecule has 2 amide bonds. The fourth-order valence-corrected chi connectivity index (χ4v) is 2.03. The molecule has 1 aromatic heterocycles. The molecular formula is C11H13N3O2. The molecule has 84 valence electrons. The molecule has 1 aromatic rings. The van der Waals surface area contributed by atoms with Gasteiger partial charge >= 0.3 is 0 Å². The molecule has 0 spiro atoms. The molecule has 5 nitrogen and oxygen atoms in total. The summed E-state index contributed by atoms with van der Waals surface area (Å²) in [7, 11) is 0. The minimum absolute atomic E-state index is 0.0832. The molecule has 0 radical (unpaired) electrons. The van der Waals surface area contributed by atoms with Gasteiger partial charge in [0.2, 0.25) is 11.8 Å². The maximum atomic E-state index is 11.5. The molecule has 1 saturated heterocycles. The first kappa shape index (κ1) is 10.7. The zero-order chi connectivity index (χ0) is 11.7. The van der Waals surface area contributed by atoms with Crippen molar-refractivity contribution in [3.8, 4) is 0 Å². The molecule has 2 heterocycles. The van der Waals surface area contributed by atoms with Gasteiger partial charge in [-0.1, -0.05) is 6.92 Å². The van der Waals surface area contributed by atoms with Gasteiger partial charge in [0.1, 0.15) is 0 Å². The zero-order valence-corrected chi connectivity index (χ0v) is 9.23. The Morgan fingerprint density at radius 1 is 1.38 bits per heavy atom. The molecule has 0 saturated carbocycles. The number of amides is 2. The average Bonchev–Trinajstić information content (AvgIpc) is 2.58. The van der Waals surface area contributed by atoms with Crippen molar-refractivity contribution in [3.63, 3.8) is 0 Å². The van der Waals surface area contributed by atoms with Gasteiger partial charge in [-0.05, 0) is 6.92 Å². The van der Waals surface area contributed by atoms with Crippen LogP contribution in [0, 0.1) is 12.8 Å². The van der Waals surface area contributed by atoms with Gasteiger partial charge in [0, 0.05) is 24.7 Å². The summed E-state index contributed by atoms with van der Waals surface area (Å²) in [6, 6.07) is 0. The predicted octanol–water partition coefficient (Wildman–Crippen LogP) is 0.551. The smallest absolute Gasteiger partial charge is 0.230 e. The molecule has 2 atom stereocenters. The second-order valence-electron chi connectivity index (χ2n) is 4.04. The molecule has 2 unspecified atom stereocenters. The molecule has 16 heavy (non-hydrogen) atoms. The van der Waals surface area contributed by atoms with E-state index in [1.54, 1.807) is 12.4 Å². The van der Waals surface area contributed by atoms with E-state index in [4.69, 9.17) is 0 Å². The minimum atomic E-state index is -0.317. The molecule has 1 aliphatic heterocycles. The summed E-state index contributed by atoms with van der Waals surface area (Å²) in [5, 5.41) is 2.31. The van der Waals surface area contributed by atoms with Crippen molar-refractivity contribution >= 4 is 11.8 Å². The average molecular weight is 219 g/mol. The Bertz CT molecular complexity index is 445. The number of nitrogens with zero attached hydrogens (tertiary/aromatic N) is 2. The van der Waals surface area contributed by atoms with E-state index in [0.29, 0.717) is 0 Å². The summed E-state index contributed by atoms with van der Waals surface area (Å²) in [4.78, 5) is 31.0. The monoisotopic (exact) mass is 219 g/mol. The highest BCUT2D eigenvalue weighted by Crippen LogP contribution is 2.29. The summed E-state index contributed by atoms with van der Waals surface area (Å²) in [5.74, 6) is -0.811. The Morgan fingerprint density at radius 2 is 2.06 bits per heavy atom. The minimum Gasteiger partial charge on any atom is -0.296 e. The number of hydrogen-bond donors (Lipinski definition) is 1. The maximum Gasteiger partial charge on any atom is 0.230 e. The zero-order valence-electron chi connectivity index (χ0n) is 9.23. The summed E-state index contributed by atoms with van der Waals surface area (Å²) in [5.41, 5.74) is 1.60. The number of rotatable bonds is 2. The quantitative estimate of drug-likeness (QED) is 0.737. The first-order valence-electron chi connectivity index (χ1n) is 5.21. The second kappa shape index (κ2) is 4.00. The normalized spacial score (nSPS) is 22.0. The van der Waals surface area contributed by atoms with Crippen LogP contribution in [0.25, 0.3) is 0 Å². The standard InChI is InChI=1S/C11H13N3O2/c1-6(8-5-9(15)14-11(8)16)10-7(2)12-3-4-13-10/h3-4,6,8H,5H2,1-2H3,(H,14,15,16). The Hall–Kier alpha value is -1.78. The molecule has 0 aromatic carbocycles. The molecule has 0 bridgehead atoms. The number of hydrogen-bond acceptors (Lipinski definition) is 4. The van der Waals surface area contributed by atoms with E-state index in [1.165, 1.54) is 0 Å². The number of aromatic nitrogens is 2. The van der Waals surface area contributed by atoms with Crippen molar-refractivity contribution in [1.29, 1.82) is 0 Å². The van der Waals surface area contributed by atoms with Crippen LogP contribution in [0.15, 0.2) is 12.4 Å². The highest BCUT2D eigenvalue weighted by molar-refractivity contribution is 6.03. The van der Waals surface area contributed by atoms with Gasteiger partial charge < -0.3 is 0 Å². The van der Waals surface area contributed by atoms with Gasteiger partial charge in [0.25, 0.3) is 0 Å². The number of carbonyl (C=O) groups excluding carboxylic acids is 2. The first-order valence-corrected chi connectivity index (χ1v) is 5.21. The van der Waals surface area contributed by atoms with Crippen molar-refractivity contribution in [2.24, 2.45) is 5.92 Å². The number of imide groups is 1. The molecule has 5 heteroatoms. The van der Waals surface area contributed by atoms with E-state index in [0.717, 1.165) is 11.4 Å². The van der Waals surface area contributed by atoms with Gasteiger partial charge in [-0.15, -0.1) is 0 Å². The highest BCUT2D eigenvalue weighted by Gasteiger charge is 2.36. The first-order chi connectivity index (χ1) is 7.59. The Balaban J connectivity index is 2.26. The number of carbonyl (C=O) groups is 2. The van der Waals surface area contributed by atoms with Crippen molar-refractivity contribution in [2.75, 3.05) is 0 Å². The number of aryl methyl sites for hydroxylation is 1. The van der Waals surface area contributed by atoms with Gasteiger partial charge in [0.05, 0.1) is 17.3 Å². The highest BCUT2D eigenvalue weighted by atomic mass is 16.2. The van der Waals surface area contributed by atoms with E-state index in [2.05, 4.69) is 15.3 Å². The van der Waals surface area contributed by atoms with E-state index in [-0.39, 0.29) is 30.1 Å². The Labute approximate surface area is 93.3 Å². The molecule has 1 fully saturated rings. The molecular weight excluding hydrogens is 206 g/mol. The predicted molar refractivity (Wildman–Crippen MR) is 56.4 cm³/mol. The maximum absolute atomic E-state index is 11.5. The largest absolute Gasteiger partial charge is 0.296 e. The molecule has 1 aliphatic rings. The third kappa shape index (κ3) is 1.80. The Morgan fingerprint density at radius 3 is 2.62 bits per heavy atom. The SMILES string of the molecule is Cc1nccnc1C(C)C1CC(=O)NC1=O. The van der Waals surface area contributed by atoms with Crippen molar-refractivity contribution in [1.82, 2.24) is 15.3 Å². The third-order valence-corrected chi connectivity index (χ3v) is 2.96. The summed E-state index contributed by atoms with van der Waals surface area (Å²) >= 11 is 0. The van der Waals surface area contributed by atoms with Crippen LogP contribution in [0.1, 0.15) is 30.7 Å². The van der Waals surface area contributed by atoms with Gasteiger partial charge in [0.15, 0.2) is 0 Å². The summed E-state index contributed by atoms with van der Waals surface area (Å²) in [6.45, 7) is 3.76. The Kier molecular flexibility index (Phi) is 2.68. The van der Waals surface area contributed by atoms with Crippen molar-refractivity contribution in [2.45, 2.75) is 26.2 Å². The fourth-order valence-electron chi connectivity index (χ4n) is 2.03. The lowest BCUT2D eigenvalue weighted by Gasteiger charge is -2.16. The fraction of sp³-hybridized carbons (Fsp3) is 0.455. The van der Waals surface area contributed by atoms with Crippen LogP contribution in [0.5, 0.6) is 0 Å². The van der Waals surface area contributed by atoms with E-state index >= 15 is 0 Å². The topological polar surface area (TPSA) is 72.0 Å². The van der Waals surface area contributed by atoms with Crippen LogP contribution in [-0.4, -0.2) is 21.8 Å². The van der Waals surface area contributed by atoms with Crippen LogP contribution in [-0.2, 0) is 9.59 Å². The van der Waals surface area contributed by atoms with E-state index in [9.17, 15) is 9.59 Å².